The second-order valence-electron chi connectivity index (χ2n) is 6.39. The molecule has 0 fully saturated rings. The molecule has 0 bridgehead atoms. The largest absolute Gasteiger partial charge is 0.361 e. The maximum absolute atomic E-state index is 12.9. The quantitative estimate of drug-likeness (QED) is 0.392. The number of para-hydroxylation sites is 1. The summed E-state index contributed by atoms with van der Waals surface area (Å²) in [7, 11) is 0. The van der Waals surface area contributed by atoms with E-state index in [4.69, 9.17) is 11.6 Å². The number of carbonyl (C=O) groups is 2. The van der Waals surface area contributed by atoms with Crippen LogP contribution in [0.5, 0.6) is 0 Å². The predicted octanol–water partition coefficient (Wildman–Crippen LogP) is 2.92. The molecule has 4 rings (SSSR count). The molecule has 29 heavy (non-hydrogen) atoms. The minimum absolute atomic E-state index is 0.200. The molecular formula is C20H17ClN6O2. The third kappa shape index (κ3) is 4.12. The van der Waals surface area contributed by atoms with Gasteiger partial charge in [0.05, 0.1) is 10.6 Å². The van der Waals surface area contributed by atoms with Crippen LogP contribution in [-0.4, -0.2) is 38.0 Å². The molecule has 2 aromatic heterocycles. The van der Waals surface area contributed by atoms with Gasteiger partial charge in [-0.1, -0.05) is 41.9 Å². The molecule has 2 aromatic carbocycles. The van der Waals surface area contributed by atoms with Crippen LogP contribution in [0.4, 0.5) is 5.95 Å². The van der Waals surface area contributed by atoms with Crippen LogP contribution in [0.15, 0.2) is 61.1 Å². The van der Waals surface area contributed by atoms with Gasteiger partial charge in [0.2, 0.25) is 11.9 Å². The first kappa shape index (κ1) is 18.7. The van der Waals surface area contributed by atoms with E-state index in [-0.39, 0.29) is 12.4 Å². The third-order valence-electron chi connectivity index (χ3n) is 4.50. The molecule has 146 valence electrons. The van der Waals surface area contributed by atoms with Gasteiger partial charge >= 0.3 is 0 Å². The van der Waals surface area contributed by atoms with Crippen molar-refractivity contribution in [3.63, 3.8) is 0 Å². The molecule has 0 aliphatic rings. The monoisotopic (exact) mass is 408 g/mol. The van der Waals surface area contributed by atoms with Crippen molar-refractivity contribution in [3.05, 3.63) is 77.2 Å². The number of carbonyl (C=O) groups excluding carboxylic acids is 2. The Morgan fingerprint density at radius 2 is 1.90 bits per heavy atom. The van der Waals surface area contributed by atoms with E-state index < -0.39 is 17.9 Å². The fourth-order valence-corrected chi connectivity index (χ4v) is 3.30. The number of hydrogen-bond acceptors (Lipinski definition) is 4. The van der Waals surface area contributed by atoms with Crippen molar-refractivity contribution in [2.75, 3.05) is 5.32 Å². The summed E-state index contributed by atoms with van der Waals surface area (Å²) in [5, 5.41) is 13.0. The van der Waals surface area contributed by atoms with Crippen LogP contribution < -0.4 is 10.6 Å². The van der Waals surface area contributed by atoms with Gasteiger partial charge < -0.3 is 10.3 Å². The number of H-pyrrole nitrogens is 2. The Kier molecular flexibility index (Phi) is 5.26. The van der Waals surface area contributed by atoms with Crippen molar-refractivity contribution in [3.8, 4) is 0 Å². The average molecular weight is 409 g/mol. The molecule has 0 spiro atoms. The SMILES string of the molecule is O=C(N[C@@H](Cc1c[nH]c2ccccc12)C(=O)Nc1ncn[nH]1)c1ccccc1Cl. The Hall–Kier alpha value is -3.65. The Morgan fingerprint density at radius 1 is 1.10 bits per heavy atom. The molecule has 0 unspecified atom stereocenters. The maximum atomic E-state index is 12.9. The van der Waals surface area contributed by atoms with Gasteiger partial charge in [-0.3, -0.25) is 14.9 Å². The lowest BCUT2D eigenvalue weighted by atomic mass is 10.0. The summed E-state index contributed by atoms with van der Waals surface area (Å²) < 4.78 is 0. The van der Waals surface area contributed by atoms with Gasteiger partial charge in [0.25, 0.3) is 5.91 Å². The standard InChI is InChI=1S/C20H17ClN6O2/c21-15-7-3-1-6-14(15)18(28)25-17(19(29)26-20-23-11-24-27-20)9-12-10-22-16-8-4-2-5-13(12)16/h1-8,10-11,17,22H,9H2,(H,25,28)(H2,23,24,26,27,29)/t17-/m0/s1. The molecule has 8 nitrogen and oxygen atoms in total. The van der Waals surface area contributed by atoms with Gasteiger partial charge in [-0.2, -0.15) is 10.1 Å². The lowest BCUT2D eigenvalue weighted by Crippen LogP contribution is -2.45. The number of aromatic amines is 2. The predicted molar refractivity (Wildman–Crippen MR) is 110 cm³/mol. The number of hydrogen-bond donors (Lipinski definition) is 4. The minimum Gasteiger partial charge on any atom is -0.361 e. The number of amides is 2. The second kappa shape index (κ2) is 8.15. The van der Waals surface area contributed by atoms with Crippen LogP contribution in [0.1, 0.15) is 15.9 Å². The van der Waals surface area contributed by atoms with Crippen molar-refractivity contribution >= 4 is 40.3 Å². The molecular weight excluding hydrogens is 392 g/mol. The topological polar surface area (TPSA) is 116 Å². The van der Waals surface area contributed by atoms with Gasteiger partial charge in [-0.25, -0.2) is 5.10 Å². The smallest absolute Gasteiger partial charge is 0.253 e. The van der Waals surface area contributed by atoms with E-state index in [0.29, 0.717) is 10.6 Å². The van der Waals surface area contributed by atoms with Gasteiger partial charge in [0.15, 0.2) is 0 Å². The van der Waals surface area contributed by atoms with Crippen molar-refractivity contribution in [2.24, 2.45) is 0 Å². The highest BCUT2D eigenvalue weighted by atomic mass is 35.5. The van der Waals surface area contributed by atoms with Crippen LogP contribution in [0.2, 0.25) is 5.02 Å². The molecule has 0 radical (unpaired) electrons. The highest BCUT2D eigenvalue weighted by Gasteiger charge is 2.24. The van der Waals surface area contributed by atoms with Crippen LogP contribution in [0.25, 0.3) is 10.9 Å². The minimum atomic E-state index is -0.858. The lowest BCUT2D eigenvalue weighted by Gasteiger charge is -2.18. The normalized spacial score (nSPS) is 11.9. The highest BCUT2D eigenvalue weighted by Crippen LogP contribution is 2.20. The molecule has 0 saturated heterocycles. The molecule has 2 heterocycles. The van der Waals surface area contributed by atoms with Crippen LogP contribution in [0.3, 0.4) is 0 Å². The molecule has 4 N–H and O–H groups in total. The Morgan fingerprint density at radius 3 is 2.69 bits per heavy atom. The summed E-state index contributed by atoms with van der Waals surface area (Å²) >= 11 is 6.13. The van der Waals surface area contributed by atoms with E-state index in [1.54, 1.807) is 24.3 Å². The zero-order chi connectivity index (χ0) is 20.2. The highest BCUT2D eigenvalue weighted by molar-refractivity contribution is 6.33. The fourth-order valence-electron chi connectivity index (χ4n) is 3.08. The van der Waals surface area contributed by atoms with E-state index in [1.807, 2.05) is 30.5 Å². The van der Waals surface area contributed by atoms with E-state index in [2.05, 4.69) is 30.8 Å². The van der Waals surface area contributed by atoms with Crippen molar-refractivity contribution in [1.82, 2.24) is 25.5 Å². The summed E-state index contributed by atoms with van der Waals surface area (Å²) in [6.07, 6.45) is 3.40. The van der Waals surface area contributed by atoms with E-state index in [9.17, 15) is 9.59 Å². The summed E-state index contributed by atoms with van der Waals surface area (Å²) in [5.74, 6) is -0.661. The molecule has 4 aromatic rings. The van der Waals surface area contributed by atoms with Crippen molar-refractivity contribution in [2.45, 2.75) is 12.5 Å². The van der Waals surface area contributed by atoms with E-state index in [0.717, 1.165) is 16.5 Å². The summed E-state index contributed by atoms with van der Waals surface area (Å²) in [6.45, 7) is 0. The molecule has 0 aliphatic carbocycles. The Labute approximate surface area is 170 Å². The van der Waals surface area contributed by atoms with Gasteiger partial charge in [0, 0.05) is 23.5 Å². The molecule has 0 aliphatic heterocycles. The average Bonchev–Trinajstić information content (AvgIpc) is 3.38. The zero-order valence-corrected chi connectivity index (χ0v) is 15.9. The van der Waals surface area contributed by atoms with Gasteiger partial charge in [0.1, 0.15) is 12.4 Å². The molecule has 0 saturated carbocycles. The van der Waals surface area contributed by atoms with Crippen LogP contribution >= 0.6 is 11.6 Å². The van der Waals surface area contributed by atoms with Crippen molar-refractivity contribution in [1.29, 1.82) is 0 Å². The molecule has 1 atom stereocenters. The number of rotatable bonds is 6. The number of nitrogens with zero attached hydrogens (tertiary/aromatic N) is 2. The molecule has 2 amide bonds. The lowest BCUT2D eigenvalue weighted by molar-refractivity contribution is -0.118. The first-order valence-electron chi connectivity index (χ1n) is 8.88. The fraction of sp³-hybridized carbons (Fsp3) is 0.100. The van der Waals surface area contributed by atoms with E-state index >= 15 is 0 Å². The summed E-state index contributed by atoms with van der Waals surface area (Å²) in [5.41, 5.74) is 2.15. The Bertz CT molecular complexity index is 1150. The summed E-state index contributed by atoms with van der Waals surface area (Å²) in [4.78, 5) is 32.7. The van der Waals surface area contributed by atoms with E-state index in [1.165, 1.54) is 6.33 Å². The zero-order valence-electron chi connectivity index (χ0n) is 15.1. The number of fused-ring (bicyclic) bond motifs is 1. The van der Waals surface area contributed by atoms with Crippen molar-refractivity contribution < 1.29 is 9.59 Å². The summed E-state index contributed by atoms with van der Waals surface area (Å²) in [6, 6.07) is 13.6. The Balaban J connectivity index is 1.60. The van der Waals surface area contributed by atoms with Crippen LogP contribution in [0, 0.1) is 0 Å². The number of benzene rings is 2. The van der Waals surface area contributed by atoms with Gasteiger partial charge in [-0.15, -0.1) is 0 Å². The first-order valence-corrected chi connectivity index (χ1v) is 9.26. The van der Waals surface area contributed by atoms with Crippen LogP contribution in [-0.2, 0) is 11.2 Å². The van der Waals surface area contributed by atoms with Gasteiger partial charge in [-0.05, 0) is 23.8 Å². The maximum Gasteiger partial charge on any atom is 0.253 e. The second-order valence-corrected chi connectivity index (χ2v) is 6.80. The molecule has 9 heteroatoms. The third-order valence-corrected chi connectivity index (χ3v) is 4.83. The number of anilines is 1. The number of halogens is 1. The number of nitrogens with one attached hydrogen (secondary N) is 4. The first-order chi connectivity index (χ1) is 14.1. The number of aromatic nitrogens is 4.